The van der Waals surface area contributed by atoms with Crippen LogP contribution in [-0.4, -0.2) is 74.5 Å². The van der Waals surface area contributed by atoms with E-state index in [9.17, 15) is 9.18 Å². The molecule has 1 atom stereocenters. The fourth-order valence-electron chi connectivity index (χ4n) is 3.47. The van der Waals surface area contributed by atoms with Gasteiger partial charge in [-0.25, -0.2) is 9.38 Å². The van der Waals surface area contributed by atoms with E-state index in [1.54, 1.807) is 25.1 Å². The molecule has 1 amide bonds. The molecule has 0 aromatic heterocycles. The van der Waals surface area contributed by atoms with E-state index in [-0.39, 0.29) is 18.3 Å². The molecule has 1 aliphatic rings. The fraction of sp³-hybridized carbons (Fsp3) is 0.619. The van der Waals surface area contributed by atoms with E-state index in [4.69, 9.17) is 0 Å². The number of carbonyl (C=O) groups excluding carboxylic acids is 1. The average Bonchev–Trinajstić information content (AvgIpc) is 3.12. The van der Waals surface area contributed by atoms with Gasteiger partial charge in [0.2, 0.25) is 5.91 Å². The minimum atomic E-state index is -0.211. The molecule has 0 bridgehead atoms. The lowest BCUT2D eigenvalue weighted by atomic mass is 10.1. The molecule has 6 nitrogen and oxygen atoms in total. The summed E-state index contributed by atoms with van der Waals surface area (Å²) in [6.07, 6.45) is 3.17. The number of benzene rings is 1. The summed E-state index contributed by atoms with van der Waals surface area (Å²) in [6, 6.07) is 5.37. The standard InChI is InChI=1S/C21H34FN5O/c1-5-27-12-6-7-19(27)14-24-21(25-15-20(28)26(3)4)23-11-10-17-8-9-18(22)13-16(17)2/h8-9,13,19H,5-7,10-12,14-15H2,1-4H3,(H2,23,24,25). The molecule has 0 spiro atoms. The molecule has 156 valence electrons. The van der Waals surface area contributed by atoms with Crippen LogP contribution in [0.5, 0.6) is 0 Å². The first-order chi connectivity index (χ1) is 13.4. The van der Waals surface area contributed by atoms with Crippen LogP contribution >= 0.6 is 0 Å². The molecule has 1 saturated heterocycles. The van der Waals surface area contributed by atoms with Crippen molar-refractivity contribution in [1.29, 1.82) is 0 Å². The van der Waals surface area contributed by atoms with Crippen molar-refractivity contribution in [1.82, 2.24) is 20.4 Å². The zero-order valence-corrected chi connectivity index (χ0v) is 17.6. The van der Waals surface area contributed by atoms with E-state index >= 15 is 0 Å². The summed E-state index contributed by atoms with van der Waals surface area (Å²) in [7, 11) is 3.46. The minimum absolute atomic E-state index is 0.0356. The highest BCUT2D eigenvalue weighted by Crippen LogP contribution is 2.15. The summed E-state index contributed by atoms with van der Waals surface area (Å²) in [4.78, 5) is 20.4. The van der Waals surface area contributed by atoms with Crippen LogP contribution in [0.2, 0.25) is 0 Å². The Morgan fingerprint density at radius 1 is 1.36 bits per heavy atom. The number of carbonyl (C=O) groups is 1. The number of rotatable bonds is 8. The summed E-state index contributed by atoms with van der Waals surface area (Å²) in [6.45, 7) is 7.89. The molecule has 2 N–H and O–H groups in total. The largest absolute Gasteiger partial charge is 0.356 e. The smallest absolute Gasteiger partial charge is 0.243 e. The Balaban J connectivity index is 1.92. The Labute approximate surface area is 168 Å². The van der Waals surface area contributed by atoms with Gasteiger partial charge >= 0.3 is 0 Å². The van der Waals surface area contributed by atoms with Crippen molar-refractivity contribution in [3.63, 3.8) is 0 Å². The predicted octanol–water partition coefficient (Wildman–Crippen LogP) is 1.78. The zero-order chi connectivity index (χ0) is 20.5. The molecule has 1 fully saturated rings. The maximum atomic E-state index is 13.3. The first kappa shape index (κ1) is 22.1. The molecule has 28 heavy (non-hydrogen) atoms. The second kappa shape index (κ2) is 11.0. The Hall–Kier alpha value is -2.15. The molecule has 1 aromatic carbocycles. The highest BCUT2D eigenvalue weighted by molar-refractivity contribution is 5.84. The molecule has 2 rings (SSSR count). The van der Waals surface area contributed by atoms with Crippen LogP contribution < -0.4 is 10.6 Å². The van der Waals surface area contributed by atoms with Gasteiger partial charge in [0.25, 0.3) is 0 Å². The number of nitrogens with one attached hydrogen (secondary N) is 2. The van der Waals surface area contributed by atoms with Gasteiger partial charge < -0.3 is 15.5 Å². The topological polar surface area (TPSA) is 60.0 Å². The molecule has 1 aliphatic heterocycles. The van der Waals surface area contributed by atoms with Crippen LogP contribution in [0.15, 0.2) is 23.2 Å². The summed E-state index contributed by atoms with van der Waals surface area (Å²) in [5.74, 6) is 0.404. The van der Waals surface area contributed by atoms with Crippen LogP contribution in [-0.2, 0) is 11.2 Å². The number of amides is 1. The van der Waals surface area contributed by atoms with Crippen molar-refractivity contribution in [2.75, 3.05) is 46.8 Å². The second-order valence-corrected chi connectivity index (χ2v) is 7.51. The number of likely N-dealkylation sites (N-methyl/N-ethyl adjacent to an activating group) is 2. The lowest BCUT2D eigenvalue weighted by molar-refractivity contribution is -0.127. The van der Waals surface area contributed by atoms with Crippen LogP contribution in [0.4, 0.5) is 4.39 Å². The number of likely N-dealkylation sites (tertiary alicyclic amines) is 1. The van der Waals surface area contributed by atoms with E-state index in [2.05, 4.69) is 27.4 Å². The molecule has 1 heterocycles. The predicted molar refractivity (Wildman–Crippen MR) is 112 cm³/mol. The Morgan fingerprint density at radius 3 is 2.82 bits per heavy atom. The molecule has 1 aromatic rings. The highest BCUT2D eigenvalue weighted by Gasteiger charge is 2.22. The molecule has 0 radical (unpaired) electrons. The van der Waals surface area contributed by atoms with Crippen LogP contribution in [0.1, 0.15) is 30.9 Å². The van der Waals surface area contributed by atoms with E-state index in [1.807, 2.05) is 13.0 Å². The minimum Gasteiger partial charge on any atom is -0.356 e. The van der Waals surface area contributed by atoms with Crippen molar-refractivity contribution < 1.29 is 9.18 Å². The Kier molecular flexibility index (Phi) is 8.70. The monoisotopic (exact) mass is 391 g/mol. The summed E-state index contributed by atoms with van der Waals surface area (Å²) < 4.78 is 13.3. The van der Waals surface area contributed by atoms with Crippen LogP contribution in [0, 0.1) is 12.7 Å². The van der Waals surface area contributed by atoms with Crippen LogP contribution in [0.3, 0.4) is 0 Å². The Morgan fingerprint density at radius 2 is 2.14 bits per heavy atom. The van der Waals surface area contributed by atoms with Crippen molar-refractivity contribution in [2.24, 2.45) is 4.99 Å². The van der Waals surface area contributed by atoms with Gasteiger partial charge in [-0.2, -0.15) is 0 Å². The van der Waals surface area contributed by atoms with Gasteiger partial charge in [0.05, 0.1) is 0 Å². The van der Waals surface area contributed by atoms with Gasteiger partial charge in [0.15, 0.2) is 5.96 Å². The van der Waals surface area contributed by atoms with E-state index in [0.29, 0.717) is 18.5 Å². The van der Waals surface area contributed by atoms with Gasteiger partial charge in [-0.15, -0.1) is 0 Å². The van der Waals surface area contributed by atoms with Crippen molar-refractivity contribution in [2.45, 2.75) is 39.2 Å². The quantitative estimate of drug-likeness (QED) is 0.524. The van der Waals surface area contributed by atoms with E-state index in [0.717, 1.165) is 37.2 Å². The molecular formula is C21H34FN5O. The number of aliphatic imine (C=N–C) groups is 1. The third-order valence-electron chi connectivity index (χ3n) is 5.27. The van der Waals surface area contributed by atoms with Crippen molar-refractivity contribution >= 4 is 11.9 Å². The summed E-state index contributed by atoms with van der Waals surface area (Å²) in [5, 5.41) is 6.71. The molecule has 0 saturated carbocycles. The fourth-order valence-corrected chi connectivity index (χ4v) is 3.47. The SMILES string of the molecule is CCN1CCCC1CNC(=NCC(=O)N(C)C)NCCc1ccc(F)cc1C. The van der Waals surface area contributed by atoms with Crippen LogP contribution in [0.25, 0.3) is 0 Å². The third kappa shape index (κ3) is 6.78. The number of guanidine groups is 1. The summed E-state index contributed by atoms with van der Waals surface area (Å²) >= 11 is 0. The maximum Gasteiger partial charge on any atom is 0.243 e. The van der Waals surface area contributed by atoms with Gasteiger partial charge in [-0.05, 0) is 62.5 Å². The van der Waals surface area contributed by atoms with E-state index < -0.39 is 0 Å². The second-order valence-electron chi connectivity index (χ2n) is 7.51. The lowest BCUT2D eigenvalue weighted by Gasteiger charge is -2.24. The number of nitrogens with zero attached hydrogens (tertiary/aromatic N) is 3. The number of hydrogen-bond acceptors (Lipinski definition) is 3. The number of halogens is 1. The normalized spacial score (nSPS) is 17.6. The van der Waals surface area contributed by atoms with Crippen molar-refractivity contribution in [3.8, 4) is 0 Å². The zero-order valence-electron chi connectivity index (χ0n) is 17.6. The molecular weight excluding hydrogens is 357 g/mol. The first-order valence-corrected chi connectivity index (χ1v) is 10.1. The lowest BCUT2D eigenvalue weighted by Crippen LogP contribution is -2.45. The molecule has 1 unspecified atom stereocenters. The Bertz CT molecular complexity index is 677. The molecule has 0 aliphatic carbocycles. The molecule has 7 heteroatoms. The average molecular weight is 392 g/mol. The first-order valence-electron chi connectivity index (χ1n) is 10.1. The third-order valence-corrected chi connectivity index (χ3v) is 5.27. The summed E-state index contributed by atoms with van der Waals surface area (Å²) in [5.41, 5.74) is 2.05. The van der Waals surface area contributed by atoms with E-state index in [1.165, 1.54) is 18.9 Å². The van der Waals surface area contributed by atoms with Gasteiger partial charge in [-0.3, -0.25) is 9.69 Å². The number of aryl methyl sites for hydroxylation is 1. The highest BCUT2D eigenvalue weighted by atomic mass is 19.1. The maximum absolute atomic E-state index is 13.3. The number of hydrogen-bond donors (Lipinski definition) is 2. The van der Waals surface area contributed by atoms with Gasteiger partial charge in [-0.1, -0.05) is 13.0 Å². The van der Waals surface area contributed by atoms with Crippen molar-refractivity contribution in [3.05, 3.63) is 35.1 Å². The van der Waals surface area contributed by atoms with Gasteiger partial charge in [0.1, 0.15) is 12.4 Å². The van der Waals surface area contributed by atoms with Gasteiger partial charge in [0, 0.05) is 33.2 Å².